The second kappa shape index (κ2) is 6.81. The Kier molecular flexibility index (Phi) is 5.08. The van der Waals surface area contributed by atoms with Crippen LogP contribution in [0.3, 0.4) is 0 Å². The van der Waals surface area contributed by atoms with Crippen LogP contribution in [0.5, 0.6) is 0 Å². The molecule has 1 aromatic rings. The van der Waals surface area contributed by atoms with Crippen LogP contribution in [0.2, 0.25) is 0 Å². The lowest BCUT2D eigenvalue weighted by atomic mass is 9.99. The maximum Gasteiger partial charge on any atom is 0.0753 e. The second-order valence-corrected chi connectivity index (χ2v) is 5.33. The molecule has 4 nitrogen and oxygen atoms in total. The maximum atomic E-state index is 4.32. The summed E-state index contributed by atoms with van der Waals surface area (Å²) in [5.74, 6) is 0.910. The first kappa shape index (κ1) is 13.4. The SMILES string of the molecule is CC1CCN(CCNC(C)c2cnccn2)CC1. The first-order chi connectivity index (χ1) is 8.75. The van der Waals surface area contributed by atoms with Crippen molar-refractivity contribution in [1.29, 1.82) is 0 Å². The molecular weight excluding hydrogens is 224 g/mol. The van der Waals surface area contributed by atoms with E-state index in [2.05, 4.69) is 34.0 Å². The lowest BCUT2D eigenvalue weighted by molar-refractivity contribution is 0.191. The van der Waals surface area contributed by atoms with Crippen LogP contribution in [-0.2, 0) is 0 Å². The summed E-state index contributed by atoms with van der Waals surface area (Å²) in [6.45, 7) is 9.15. The molecule has 100 valence electrons. The molecule has 1 atom stereocenters. The predicted molar refractivity (Wildman–Crippen MR) is 73.3 cm³/mol. The first-order valence-corrected chi connectivity index (χ1v) is 6.97. The molecular formula is C14H24N4. The first-order valence-electron chi connectivity index (χ1n) is 6.97. The fourth-order valence-corrected chi connectivity index (χ4v) is 2.36. The van der Waals surface area contributed by atoms with Gasteiger partial charge in [-0.15, -0.1) is 0 Å². The number of rotatable bonds is 5. The number of likely N-dealkylation sites (tertiary alicyclic amines) is 1. The van der Waals surface area contributed by atoms with Gasteiger partial charge in [-0.1, -0.05) is 6.92 Å². The van der Waals surface area contributed by atoms with Crippen LogP contribution in [0, 0.1) is 5.92 Å². The summed E-state index contributed by atoms with van der Waals surface area (Å²) in [4.78, 5) is 11.0. The number of aromatic nitrogens is 2. The van der Waals surface area contributed by atoms with Gasteiger partial charge in [-0.25, -0.2) is 0 Å². The molecule has 2 heterocycles. The molecule has 4 heteroatoms. The van der Waals surface area contributed by atoms with Crippen LogP contribution in [0.15, 0.2) is 18.6 Å². The van der Waals surface area contributed by atoms with Gasteiger partial charge in [0.1, 0.15) is 0 Å². The summed E-state index contributed by atoms with van der Waals surface area (Å²) in [7, 11) is 0. The van der Waals surface area contributed by atoms with E-state index in [-0.39, 0.29) is 6.04 Å². The van der Waals surface area contributed by atoms with E-state index in [0.717, 1.165) is 24.7 Å². The molecule has 0 aromatic carbocycles. The Morgan fingerprint density at radius 1 is 1.39 bits per heavy atom. The minimum Gasteiger partial charge on any atom is -0.308 e. The molecule has 1 fully saturated rings. The zero-order valence-electron chi connectivity index (χ0n) is 11.5. The van der Waals surface area contributed by atoms with Crippen molar-refractivity contribution in [3.63, 3.8) is 0 Å². The Morgan fingerprint density at radius 2 is 2.17 bits per heavy atom. The van der Waals surface area contributed by atoms with Crippen molar-refractivity contribution >= 4 is 0 Å². The van der Waals surface area contributed by atoms with Crippen LogP contribution in [0.25, 0.3) is 0 Å². The van der Waals surface area contributed by atoms with Gasteiger partial charge in [-0.2, -0.15) is 0 Å². The number of hydrogen-bond donors (Lipinski definition) is 1. The summed E-state index contributed by atoms with van der Waals surface area (Å²) in [5, 5.41) is 3.51. The molecule has 0 spiro atoms. The Labute approximate surface area is 110 Å². The van der Waals surface area contributed by atoms with Crippen molar-refractivity contribution in [2.45, 2.75) is 32.7 Å². The smallest absolute Gasteiger partial charge is 0.0753 e. The molecule has 0 saturated carbocycles. The van der Waals surface area contributed by atoms with Gasteiger partial charge in [0, 0.05) is 37.7 Å². The van der Waals surface area contributed by atoms with Crippen molar-refractivity contribution in [1.82, 2.24) is 20.2 Å². The summed E-state index contributed by atoms with van der Waals surface area (Å²) in [6.07, 6.45) is 7.99. The standard InChI is InChI=1S/C14H24N4/c1-12-3-8-18(9-4-12)10-7-16-13(2)14-11-15-5-6-17-14/h5-6,11-13,16H,3-4,7-10H2,1-2H3. The molecule has 1 aliphatic rings. The molecule has 0 amide bonds. The minimum atomic E-state index is 0.280. The molecule has 1 saturated heterocycles. The molecule has 1 aliphatic heterocycles. The van der Waals surface area contributed by atoms with Crippen molar-refractivity contribution < 1.29 is 0 Å². The van der Waals surface area contributed by atoms with E-state index < -0.39 is 0 Å². The summed E-state index contributed by atoms with van der Waals surface area (Å²) in [5.41, 5.74) is 1.02. The van der Waals surface area contributed by atoms with Crippen molar-refractivity contribution in [2.24, 2.45) is 5.92 Å². The minimum absolute atomic E-state index is 0.280. The highest BCUT2D eigenvalue weighted by molar-refractivity contribution is 5.00. The van der Waals surface area contributed by atoms with E-state index >= 15 is 0 Å². The van der Waals surface area contributed by atoms with Gasteiger partial charge in [-0.05, 0) is 38.8 Å². The molecule has 2 rings (SSSR count). The zero-order valence-corrected chi connectivity index (χ0v) is 11.5. The largest absolute Gasteiger partial charge is 0.308 e. The highest BCUT2D eigenvalue weighted by atomic mass is 15.1. The molecule has 0 aliphatic carbocycles. The van der Waals surface area contributed by atoms with Crippen LogP contribution in [0.4, 0.5) is 0 Å². The average molecular weight is 248 g/mol. The molecule has 18 heavy (non-hydrogen) atoms. The van der Waals surface area contributed by atoms with Gasteiger partial charge in [0.25, 0.3) is 0 Å². The van der Waals surface area contributed by atoms with Crippen LogP contribution in [0.1, 0.15) is 38.4 Å². The molecule has 1 N–H and O–H groups in total. The predicted octanol–water partition coefficient (Wildman–Crippen LogP) is 1.86. The third-order valence-electron chi connectivity index (χ3n) is 3.78. The Bertz CT molecular complexity index is 333. The van der Waals surface area contributed by atoms with Gasteiger partial charge < -0.3 is 10.2 Å². The number of piperidine rings is 1. The van der Waals surface area contributed by atoms with E-state index in [4.69, 9.17) is 0 Å². The second-order valence-electron chi connectivity index (χ2n) is 5.33. The number of nitrogens with one attached hydrogen (secondary N) is 1. The molecule has 0 radical (unpaired) electrons. The lowest BCUT2D eigenvalue weighted by Crippen LogP contribution is -2.38. The van der Waals surface area contributed by atoms with Gasteiger partial charge in [0.15, 0.2) is 0 Å². The van der Waals surface area contributed by atoms with Crippen LogP contribution < -0.4 is 5.32 Å². The molecule has 1 unspecified atom stereocenters. The van der Waals surface area contributed by atoms with Crippen LogP contribution in [-0.4, -0.2) is 41.0 Å². The summed E-state index contributed by atoms with van der Waals surface area (Å²) >= 11 is 0. The average Bonchev–Trinajstić information content (AvgIpc) is 2.42. The molecule has 0 bridgehead atoms. The third kappa shape index (κ3) is 4.03. The normalized spacial score (nSPS) is 19.9. The Balaban J connectivity index is 1.66. The quantitative estimate of drug-likeness (QED) is 0.863. The van der Waals surface area contributed by atoms with E-state index in [0.29, 0.717) is 0 Å². The van der Waals surface area contributed by atoms with Crippen molar-refractivity contribution in [3.05, 3.63) is 24.3 Å². The van der Waals surface area contributed by atoms with E-state index in [9.17, 15) is 0 Å². The fraction of sp³-hybridized carbons (Fsp3) is 0.714. The van der Waals surface area contributed by atoms with E-state index in [1.54, 1.807) is 12.4 Å². The Hall–Kier alpha value is -1.00. The highest BCUT2D eigenvalue weighted by Gasteiger charge is 2.15. The molecule has 1 aromatic heterocycles. The Morgan fingerprint density at radius 3 is 2.83 bits per heavy atom. The van der Waals surface area contributed by atoms with Gasteiger partial charge >= 0.3 is 0 Å². The van der Waals surface area contributed by atoms with Gasteiger partial charge in [0.2, 0.25) is 0 Å². The fourth-order valence-electron chi connectivity index (χ4n) is 2.36. The van der Waals surface area contributed by atoms with Gasteiger partial charge in [0.05, 0.1) is 5.69 Å². The lowest BCUT2D eigenvalue weighted by Gasteiger charge is -2.30. The van der Waals surface area contributed by atoms with E-state index in [1.165, 1.54) is 25.9 Å². The zero-order chi connectivity index (χ0) is 12.8. The number of hydrogen-bond acceptors (Lipinski definition) is 4. The van der Waals surface area contributed by atoms with Crippen LogP contribution >= 0.6 is 0 Å². The summed E-state index contributed by atoms with van der Waals surface area (Å²) < 4.78 is 0. The topological polar surface area (TPSA) is 41.0 Å². The highest BCUT2D eigenvalue weighted by Crippen LogP contribution is 2.15. The van der Waals surface area contributed by atoms with Crippen molar-refractivity contribution in [2.75, 3.05) is 26.2 Å². The number of nitrogens with zero attached hydrogens (tertiary/aromatic N) is 3. The monoisotopic (exact) mass is 248 g/mol. The third-order valence-corrected chi connectivity index (χ3v) is 3.78. The summed E-state index contributed by atoms with van der Waals surface area (Å²) in [6, 6.07) is 0.280. The van der Waals surface area contributed by atoms with Gasteiger partial charge in [-0.3, -0.25) is 9.97 Å². The maximum absolute atomic E-state index is 4.32. The van der Waals surface area contributed by atoms with E-state index in [1.807, 2.05) is 6.20 Å². The van der Waals surface area contributed by atoms with Crippen molar-refractivity contribution in [3.8, 4) is 0 Å².